The fourth-order valence-corrected chi connectivity index (χ4v) is 1.64. The maximum atomic E-state index is 12.4. The maximum absolute atomic E-state index is 12.4. The molecule has 0 aliphatic carbocycles. The summed E-state index contributed by atoms with van der Waals surface area (Å²) in [6.45, 7) is 5.91. The molecule has 90 valence electrons. The number of rotatable bonds is 5. The van der Waals surface area contributed by atoms with Gasteiger partial charge in [0.05, 0.1) is 6.04 Å². The first-order valence-corrected chi connectivity index (χ1v) is 5.48. The zero-order chi connectivity index (χ0) is 12.1. The first-order chi connectivity index (χ1) is 7.60. The van der Waals surface area contributed by atoms with E-state index in [-0.39, 0.29) is 0 Å². The van der Waals surface area contributed by atoms with E-state index in [9.17, 15) is 8.78 Å². The third-order valence-corrected chi connectivity index (χ3v) is 2.68. The first kappa shape index (κ1) is 12.9. The van der Waals surface area contributed by atoms with Gasteiger partial charge in [-0.2, -0.15) is 0 Å². The molecule has 0 radical (unpaired) electrons. The molecule has 0 saturated heterocycles. The van der Waals surface area contributed by atoms with Gasteiger partial charge in [-0.3, -0.25) is 0 Å². The van der Waals surface area contributed by atoms with Gasteiger partial charge in [0.2, 0.25) is 0 Å². The molecule has 0 saturated carbocycles. The minimum Gasteiger partial charge on any atom is -0.372 e. The van der Waals surface area contributed by atoms with E-state index in [1.807, 2.05) is 12.1 Å². The minimum absolute atomic E-state index is 0.478. The Labute approximate surface area is 95.1 Å². The van der Waals surface area contributed by atoms with Gasteiger partial charge < -0.3 is 10.6 Å². The molecule has 0 spiro atoms. The van der Waals surface area contributed by atoms with Crippen molar-refractivity contribution in [3.8, 4) is 0 Å². The molecule has 16 heavy (non-hydrogen) atoms. The van der Waals surface area contributed by atoms with Gasteiger partial charge in [-0.05, 0) is 31.5 Å². The second-order valence-corrected chi connectivity index (χ2v) is 3.62. The maximum Gasteiger partial charge on any atom is 0.257 e. The zero-order valence-corrected chi connectivity index (χ0v) is 9.66. The summed E-state index contributed by atoms with van der Waals surface area (Å²) in [7, 11) is 0. The van der Waals surface area contributed by atoms with Crippen molar-refractivity contribution >= 4 is 5.69 Å². The number of nitrogens with two attached hydrogens (primary N) is 1. The molecule has 0 aliphatic heterocycles. The Morgan fingerprint density at radius 1 is 1.12 bits per heavy atom. The fourth-order valence-electron chi connectivity index (χ4n) is 1.64. The summed E-state index contributed by atoms with van der Waals surface area (Å²) >= 11 is 0. The quantitative estimate of drug-likeness (QED) is 0.839. The molecule has 1 rings (SSSR count). The van der Waals surface area contributed by atoms with Crippen molar-refractivity contribution in [1.82, 2.24) is 0 Å². The predicted octanol–water partition coefficient (Wildman–Crippen LogP) is 2.80. The van der Waals surface area contributed by atoms with Gasteiger partial charge in [0.1, 0.15) is 0 Å². The summed E-state index contributed by atoms with van der Waals surface area (Å²) in [6.07, 6.45) is -2.51. The van der Waals surface area contributed by atoms with Crippen molar-refractivity contribution in [2.45, 2.75) is 26.3 Å². The highest BCUT2D eigenvalue weighted by molar-refractivity contribution is 5.47. The molecule has 0 aliphatic rings. The summed E-state index contributed by atoms with van der Waals surface area (Å²) in [6, 6.07) is 5.83. The van der Waals surface area contributed by atoms with Crippen molar-refractivity contribution < 1.29 is 8.78 Å². The Morgan fingerprint density at radius 3 is 2.00 bits per heavy atom. The number of hydrogen-bond donors (Lipinski definition) is 1. The lowest BCUT2D eigenvalue weighted by Gasteiger charge is -2.21. The van der Waals surface area contributed by atoms with Gasteiger partial charge in [0.15, 0.2) is 0 Å². The van der Waals surface area contributed by atoms with E-state index in [0.717, 1.165) is 18.8 Å². The van der Waals surface area contributed by atoms with Gasteiger partial charge in [-0.1, -0.05) is 12.1 Å². The Balaban J connectivity index is 2.82. The molecule has 0 heterocycles. The molecule has 0 unspecified atom stereocenters. The highest BCUT2D eigenvalue weighted by atomic mass is 19.3. The van der Waals surface area contributed by atoms with Crippen LogP contribution in [0.2, 0.25) is 0 Å². The monoisotopic (exact) mass is 228 g/mol. The molecule has 4 heteroatoms. The summed E-state index contributed by atoms with van der Waals surface area (Å²) < 4.78 is 24.7. The molecule has 1 aromatic carbocycles. The largest absolute Gasteiger partial charge is 0.372 e. The third-order valence-electron chi connectivity index (χ3n) is 2.68. The van der Waals surface area contributed by atoms with Gasteiger partial charge in [0.25, 0.3) is 6.43 Å². The first-order valence-electron chi connectivity index (χ1n) is 5.48. The lowest BCUT2D eigenvalue weighted by molar-refractivity contribution is 0.116. The third kappa shape index (κ3) is 2.92. The van der Waals surface area contributed by atoms with Crippen molar-refractivity contribution in [3.63, 3.8) is 0 Å². The van der Waals surface area contributed by atoms with E-state index >= 15 is 0 Å². The second-order valence-electron chi connectivity index (χ2n) is 3.62. The van der Waals surface area contributed by atoms with E-state index in [2.05, 4.69) is 18.7 Å². The van der Waals surface area contributed by atoms with Crippen molar-refractivity contribution in [1.29, 1.82) is 0 Å². The average molecular weight is 228 g/mol. The molecule has 0 amide bonds. The van der Waals surface area contributed by atoms with Crippen LogP contribution in [-0.2, 0) is 0 Å². The van der Waals surface area contributed by atoms with E-state index in [1.54, 1.807) is 12.1 Å². The van der Waals surface area contributed by atoms with Crippen LogP contribution < -0.4 is 10.6 Å². The molecular formula is C12H18F2N2. The van der Waals surface area contributed by atoms with E-state index in [1.165, 1.54) is 0 Å². The van der Waals surface area contributed by atoms with Gasteiger partial charge >= 0.3 is 0 Å². The number of benzene rings is 1. The van der Waals surface area contributed by atoms with Crippen LogP contribution in [0.3, 0.4) is 0 Å². The number of hydrogen-bond acceptors (Lipinski definition) is 2. The van der Waals surface area contributed by atoms with Gasteiger partial charge in [0, 0.05) is 18.8 Å². The van der Waals surface area contributed by atoms with E-state index in [4.69, 9.17) is 5.73 Å². The number of halogens is 2. The van der Waals surface area contributed by atoms with Crippen LogP contribution in [0.5, 0.6) is 0 Å². The minimum atomic E-state index is -2.51. The number of anilines is 1. The Morgan fingerprint density at radius 2 is 1.62 bits per heavy atom. The normalized spacial score (nSPS) is 12.9. The molecule has 2 N–H and O–H groups in total. The van der Waals surface area contributed by atoms with Crippen LogP contribution in [0.15, 0.2) is 24.3 Å². The molecule has 0 aromatic heterocycles. The van der Waals surface area contributed by atoms with Crippen LogP contribution in [-0.4, -0.2) is 19.5 Å². The summed E-state index contributed by atoms with van der Waals surface area (Å²) in [5.74, 6) is 0. The van der Waals surface area contributed by atoms with Crippen LogP contribution in [0.25, 0.3) is 0 Å². The molecule has 2 nitrogen and oxygen atoms in total. The standard InChI is InChI=1S/C12H18F2N2/c1-3-16(4-2)10-7-5-9(6-8-10)11(15)12(13)14/h5-8,11-12H,3-4,15H2,1-2H3/t11-/m0/s1. The van der Waals surface area contributed by atoms with E-state index in [0.29, 0.717) is 5.56 Å². The van der Waals surface area contributed by atoms with Crippen molar-refractivity contribution in [2.75, 3.05) is 18.0 Å². The number of alkyl halides is 2. The fraction of sp³-hybridized carbons (Fsp3) is 0.500. The predicted molar refractivity (Wildman–Crippen MR) is 62.9 cm³/mol. The summed E-state index contributed by atoms with van der Waals surface area (Å²) in [5, 5.41) is 0. The SMILES string of the molecule is CCN(CC)c1ccc([C@H](N)C(F)F)cc1. The van der Waals surface area contributed by atoms with Crippen molar-refractivity contribution in [2.24, 2.45) is 5.73 Å². The highest BCUT2D eigenvalue weighted by Crippen LogP contribution is 2.21. The van der Waals surface area contributed by atoms with Crippen molar-refractivity contribution in [3.05, 3.63) is 29.8 Å². The van der Waals surface area contributed by atoms with Crippen LogP contribution >= 0.6 is 0 Å². The van der Waals surface area contributed by atoms with Crippen LogP contribution in [0, 0.1) is 0 Å². The van der Waals surface area contributed by atoms with Gasteiger partial charge in [-0.15, -0.1) is 0 Å². The summed E-state index contributed by atoms with van der Waals surface area (Å²) in [4.78, 5) is 2.15. The zero-order valence-electron chi connectivity index (χ0n) is 9.66. The van der Waals surface area contributed by atoms with E-state index < -0.39 is 12.5 Å². The Hall–Kier alpha value is -1.16. The topological polar surface area (TPSA) is 29.3 Å². The van der Waals surface area contributed by atoms with Gasteiger partial charge in [-0.25, -0.2) is 8.78 Å². The summed E-state index contributed by atoms with van der Waals surface area (Å²) in [5.41, 5.74) is 6.88. The number of nitrogens with zero attached hydrogens (tertiary/aromatic N) is 1. The average Bonchev–Trinajstić information content (AvgIpc) is 2.30. The Bertz CT molecular complexity index is 286. The lowest BCUT2D eigenvalue weighted by atomic mass is 10.1. The second kappa shape index (κ2) is 5.80. The van der Waals surface area contributed by atoms with Crippen LogP contribution in [0.1, 0.15) is 25.5 Å². The molecule has 0 fully saturated rings. The highest BCUT2D eigenvalue weighted by Gasteiger charge is 2.17. The molecule has 1 aromatic rings. The lowest BCUT2D eigenvalue weighted by Crippen LogP contribution is -2.22. The molecule has 0 bridgehead atoms. The Kier molecular flexibility index (Phi) is 4.68. The molecule has 1 atom stereocenters. The van der Waals surface area contributed by atoms with Crippen LogP contribution in [0.4, 0.5) is 14.5 Å². The molecular weight excluding hydrogens is 210 g/mol. The smallest absolute Gasteiger partial charge is 0.257 e.